The zero-order chi connectivity index (χ0) is 18.4. The maximum atomic E-state index is 12.8. The maximum Gasteiger partial charge on any atom is 0.254 e. The summed E-state index contributed by atoms with van der Waals surface area (Å²) in [4.78, 5) is 32.3. The van der Waals surface area contributed by atoms with Gasteiger partial charge in [-0.05, 0) is 11.1 Å². The van der Waals surface area contributed by atoms with Gasteiger partial charge in [0.15, 0.2) is 0 Å². The average Bonchev–Trinajstić information content (AvgIpc) is 2.62. The van der Waals surface area contributed by atoms with E-state index in [-0.39, 0.29) is 18.2 Å². The largest absolute Gasteiger partial charge is 0.493 e. The van der Waals surface area contributed by atoms with Crippen molar-refractivity contribution in [2.24, 2.45) is 0 Å². The zero-order valence-electron chi connectivity index (χ0n) is 14.1. The lowest BCUT2D eigenvalue weighted by Crippen LogP contribution is -2.32. The summed E-state index contributed by atoms with van der Waals surface area (Å²) in [5.41, 5.74) is 1.53. The minimum Gasteiger partial charge on any atom is -0.493 e. The smallest absolute Gasteiger partial charge is 0.254 e. The van der Waals surface area contributed by atoms with Crippen molar-refractivity contribution in [1.29, 1.82) is 0 Å². The number of aromatic hydroxyl groups is 1. The van der Waals surface area contributed by atoms with Crippen molar-refractivity contribution in [3.8, 4) is 5.88 Å². The molecule has 0 saturated heterocycles. The van der Waals surface area contributed by atoms with E-state index < -0.39 is 11.4 Å². The van der Waals surface area contributed by atoms with Crippen molar-refractivity contribution >= 4 is 5.91 Å². The van der Waals surface area contributed by atoms with Gasteiger partial charge in [0.25, 0.3) is 5.56 Å². The van der Waals surface area contributed by atoms with Crippen molar-refractivity contribution in [2.75, 3.05) is 0 Å². The minimum atomic E-state index is -0.488. The number of rotatable bonds is 6. The van der Waals surface area contributed by atoms with E-state index in [9.17, 15) is 14.7 Å². The molecule has 0 radical (unpaired) electrons. The van der Waals surface area contributed by atoms with Gasteiger partial charge in [0, 0.05) is 13.1 Å². The number of aromatic amines is 1. The number of hydrogen-bond donors (Lipinski definition) is 2. The van der Waals surface area contributed by atoms with Crippen LogP contribution in [0.3, 0.4) is 0 Å². The Morgan fingerprint density at radius 2 is 1.50 bits per heavy atom. The van der Waals surface area contributed by atoms with Crippen LogP contribution in [0.25, 0.3) is 0 Å². The molecule has 2 N–H and O–H groups in total. The fraction of sp³-hybridized carbons (Fsp3) is 0.150. The van der Waals surface area contributed by atoms with Gasteiger partial charge in [-0.3, -0.25) is 9.59 Å². The van der Waals surface area contributed by atoms with E-state index in [0.717, 1.165) is 17.2 Å². The number of aromatic nitrogens is 2. The van der Waals surface area contributed by atoms with Crippen molar-refractivity contribution in [3.63, 3.8) is 0 Å². The Balaban J connectivity index is 1.81. The van der Waals surface area contributed by atoms with Crippen molar-refractivity contribution < 1.29 is 9.90 Å². The molecule has 0 unspecified atom stereocenters. The molecule has 0 saturated carbocycles. The van der Waals surface area contributed by atoms with Gasteiger partial charge < -0.3 is 15.0 Å². The van der Waals surface area contributed by atoms with Crippen molar-refractivity contribution in [1.82, 2.24) is 14.9 Å². The number of hydrogen-bond acceptors (Lipinski definition) is 4. The van der Waals surface area contributed by atoms with Crippen molar-refractivity contribution in [2.45, 2.75) is 19.5 Å². The van der Waals surface area contributed by atoms with Gasteiger partial charge in [-0.15, -0.1) is 0 Å². The van der Waals surface area contributed by atoms with Crippen LogP contribution in [0.5, 0.6) is 5.88 Å². The Bertz CT molecular complexity index is 882. The monoisotopic (exact) mass is 349 g/mol. The lowest BCUT2D eigenvalue weighted by atomic mass is 10.1. The standard InChI is InChI=1S/C20H19N3O3/c24-18-12-19(25)22-17(21-18)11-20(26)23(13-15-7-3-1-4-8-15)14-16-9-5-2-6-10-16/h1-10,12H,11,13-14H2,(H2,21,22,24,25). The molecule has 1 heterocycles. The zero-order valence-corrected chi connectivity index (χ0v) is 14.1. The lowest BCUT2D eigenvalue weighted by molar-refractivity contribution is -0.131. The average molecular weight is 349 g/mol. The third-order valence-electron chi connectivity index (χ3n) is 3.88. The van der Waals surface area contributed by atoms with Crippen LogP contribution in [0.4, 0.5) is 0 Å². The quantitative estimate of drug-likeness (QED) is 0.715. The summed E-state index contributed by atoms with van der Waals surface area (Å²) in [6, 6.07) is 20.4. The van der Waals surface area contributed by atoms with Crippen LogP contribution in [0.2, 0.25) is 0 Å². The first-order valence-corrected chi connectivity index (χ1v) is 8.25. The molecule has 0 aliphatic carbocycles. The van der Waals surface area contributed by atoms with Crippen LogP contribution < -0.4 is 5.56 Å². The highest BCUT2D eigenvalue weighted by molar-refractivity contribution is 5.78. The second-order valence-electron chi connectivity index (χ2n) is 5.95. The van der Waals surface area contributed by atoms with Crippen LogP contribution in [0.15, 0.2) is 71.5 Å². The molecule has 0 aliphatic rings. The van der Waals surface area contributed by atoms with Crippen LogP contribution >= 0.6 is 0 Å². The number of nitrogens with one attached hydrogen (secondary N) is 1. The van der Waals surface area contributed by atoms with Gasteiger partial charge in [0.05, 0.1) is 12.5 Å². The SMILES string of the molecule is O=C(Cc1nc(O)cc(=O)[nH]1)N(Cc1ccccc1)Cc1ccccc1. The molecule has 0 spiro atoms. The van der Waals surface area contributed by atoms with Crippen LogP contribution in [0, 0.1) is 0 Å². The molecule has 3 aromatic rings. The Morgan fingerprint density at radius 1 is 0.962 bits per heavy atom. The Labute approximate surface area is 150 Å². The minimum absolute atomic E-state index is 0.0939. The Morgan fingerprint density at radius 3 is 2.00 bits per heavy atom. The van der Waals surface area contributed by atoms with E-state index in [1.807, 2.05) is 60.7 Å². The van der Waals surface area contributed by atoms with Gasteiger partial charge in [-0.1, -0.05) is 60.7 Å². The molecule has 6 nitrogen and oxygen atoms in total. The summed E-state index contributed by atoms with van der Waals surface area (Å²) >= 11 is 0. The first kappa shape index (κ1) is 17.4. The third-order valence-corrected chi connectivity index (χ3v) is 3.88. The van der Waals surface area contributed by atoms with E-state index in [1.54, 1.807) is 4.90 Å². The summed E-state index contributed by atoms with van der Waals surface area (Å²) in [6.07, 6.45) is -0.0939. The third kappa shape index (κ3) is 4.80. The number of carbonyl (C=O) groups is 1. The molecule has 26 heavy (non-hydrogen) atoms. The summed E-state index contributed by atoms with van der Waals surface area (Å²) < 4.78 is 0. The highest BCUT2D eigenvalue weighted by Crippen LogP contribution is 2.12. The van der Waals surface area contributed by atoms with E-state index in [4.69, 9.17) is 0 Å². The molecule has 0 aliphatic heterocycles. The predicted octanol–water partition coefficient (Wildman–Crippen LogP) is 2.25. The fourth-order valence-electron chi connectivity index (χ4n) is 2.67. The first-order chi connectivity index (χ1) is 12.6. The second-order valence-corrected chi connectivity index (χ2v) is 5.95. The predicted molar refractivity (Wildman–Crippen MR) is 97.4 cm³/mol. The summed E-state index contributed by atoms with van der Waals surface area (Å²) in [7, 11) is 0. The molecule has 132 valence electrons. The number of benzene rings is 2. The number of nitrogens with zero attached hydrogens (tertiary/aromatic N) is 2. The highest BCUT2D eigenvalue weighted by atomic mass is 16.3. The molecule has 1 amide bonds. The molecular formula is C20H19N3O3. The molecule has 0 fully saturated rings. The summed E-state index contributed by atoms with van der Waals surface area (Å²) in [6.45, 7) is 0.884. The molecule has 1 aromatic heterocycles. The molecular weight excluding hydrogens is 330 g/mol. The number of H-pyrrole nitrogens is 1. The Hall–Kier alpha value is -3.41. The molecule has 2 aromatic carbocycles. The number of amides is 1. The summed E-state index contributed by atoms with van der Waals surface area (Å²) in [5, 5.41) is 9.46. The summed E-state index contributed by atoms with van der Waals surface area (Å²) in [5.74, 6) is -0.438. The Kier molecular flexibility index (Phi) is 5.43. The first-order valence-electron chi connectivity index (χ1n) is 8.25. The van der Waals surface area contributed by atoms with Gasteiger partial charge in [0.1, 0.15) is 5.82 Å². The van der Waals surface area contributed by atoms with Crippen molar-refractivity contribution in [3.05, 3.63) is 94.0 Å². The molecule has 0 bridgehead atoms. The number of carbonyl (C=O) groups excluding carboxylic acids is 1. The normalized spacial score (nSPS) is 10.5. The molecule has 3 rings (SSSR count). The van der Waals surface area contributed by atoms with E-state index in [1.165, 1.54) is 0 Å². The van der Waals surface area contributed by atoms with Gasteiger partial charge in [0.2, 0.25) is 11.8 Å². The van der Waals surface area contributed by atoms with Gasteiger partial charge >= 0.3 is 0 Å². The van der Waals surface area contributed by atoms with Gasteiger partial charge in [-0.25, -0.2) is 0 Å². The molecule has 0 atom stereocenters. The topological polar surface area (TPSA) is 86.3 Å². The van der Waals surface area contributed by atoms with Crippen LogP contribution in [-0.4, -0.2) is 25.9 Å². The fourth-order valence-corrected chi connectivity index (χ4v) is 2.67. The van der Waals surface area contributed by atoms with E-state index >= 15 is 0 Å². The second kappa shape index (κ2) is 8.11. The van der Waals surface area contributed by atoms with Gasteiger partial charge in [-0.2, -0.15) is 4.98 Å². The highest BCUT2D eigenvalue weighted by Gasteiger charge is 2.17. The maximum absolute atomic E-state index is 12.8. The van der Waals surface area contributed by atoms with Crippen LogP contribution in [-0.2, 0) is 24.3 Å². The van der Waals surface area contributed by atoms with E-state index in [2.05, 4.69) is 9.97 Å². The lowest BCUT2D eigenvalue weighted by Gasteiger charge is -2.23. The van der Waals surface area contributed by atoms with E-state index in [0.29, 0.717) is 13.1 Å². The molecule has 6 heteroatoms. The van der Waals surface area contributed by atoms with Crippen LogP contribution in [0.1, 0.15) is 17.0 Å².